The zero-order valence-corrected chi connectivity index (χ0v) is 13.5. The molecule has 1 heterocycles. The monoisotopic (exact) mass is 382 g/mol. The van der Waals surface area contributed by atoms with Crippen LogP contribution < -0.4 is 10.5 Å². The fourth-order valence-corrected chi connectivity index (χ4v) is 3.76. The van der Waals surface area contributed by atoms with Crippen molar-refractivity contribution in [2.24, 2.45) is 0 Å². The molecule has 118 valence electrons. The zero-order chi connectivity index (χ0) is 15.7. The molecule has 0 spiro atoms. The predicted octanol–water partition coefficient (Wildman–Crippen LogP) is 0.990. The Kier molecular flexibility index (Phi) is 4.89. The van der Waals surface area contributed by atoms with Gasteiger partial charge in [-0.2, -0.15) is 0 Å². The van der Waals surface area contributed by atoms with Crippen LogP contribution in [0.4, 0.5) is 10.1 Å². The molecule has 0 bridgehead atoms. The number of hydrogen-bond donors (Lipinski definition) is 3. The van der Waals surface area contributed by atoms with Crippen molar-refractivity contribution < 1.29 is 22.7 Å². The molecule has 1 aromatic carbocycles. The van der Waals surface area contributed by atoms with Crippen molar-refractivity contribution in [2.45, 2.75) is 23.3 Å². The summed E-state index contributed by atoms with van der Waals surface area (Å²) in [6.45, 7) is 0.609. The van der Waals surface area contributed by atoms with Gasteiger partial charge in [-0.1, -0.05) is 0 Å². The number of nitrogens with one attached hydrogen (secondary N) is 1. The summed E-state index contributed by atoms with van der Waals surface area (Å²) >= 11 is 2.92. The van der Waals surface area contributed by atoms with Gasteiger partial charge in [0.2, 0.25) is 10.0 Å². The maximum Gasteiger partial charge on any atom is 0.242 e. The number of anilines is 1. The van der Waals surface area contributed by atoms with Crippen LogP contribution >= 0.6 is 15.9 Å². The quantitative estimate of drug-likeness (QED) is 0.674. The predicted molar refractivity (Wildman–Crippen MR) is 78.7 cm³/mol. The lowest BCUT2D eigenvalue weighted by Gasteiger charge is -2.32. The Morgan fingerprint density at radius 2 is 2.05 bits per heavy atom. The number of rotatable bonds is 4. The zero-order valence-electron chi connectivity index (χ0n) is 11.1. The molecule has 21 heavy (non-hydrogen) atoms. The Balaban J connectivity index is 2.17. The van der Waals surface area contributed by atoms with Crippen molar-refractivity contribution >= 4 is 31.6 Å². The molecule has 1 saturated heterocycles. The van der Waals surface area contributed by atoms with Crippen LogP contribution in [0.2, 0.25) is 0 Å². The first-order valence-electron chi connectivity index (χ1n) is 6.28. The highest BCUT2D eigenvalue weighted by atomic mass is 79.9. The van der Waals surface area contributed by atoms with E-state index in [0.29, 0.717) is 26.1 Å². The minimum absolute atomic E-state index is 0.00172. The fraction of sp³-hybridized carbons (Fsp3) is 0.500. The highest BCUT2D eigenvalue weighted by Crippen LogP contribution is 2.27. The van der Waals surface area contributed by atoms with Gasteiger partial charge in [-0.05, 0) is 28.1 Å². The maximum atomic E-state index is 13.3. The number of sulfonamides is 1. The van der Waals surface area contributed by atoms with Crippen LogP contribution in [0.25, 0.3) is 0 Å². The molecular formula is C12H16BrFN2O4S. The molecule has 2 rings (SSSR count). The molecule has 1 fully saturated rings. The second kappa shape index (κ2) is 6.17. The number of nitrogen functional groups attached to an aromatic ring is 1. The summed E-state index contributed by atoms with van der Waals surface area (Å²) < 4.78 is 45.2. The number of benzene rings is 1. The highest BCUT2D eigenvalue weighted by Gasteiger charge is 2.32. The molecule has 0 saturated carbocycles. The Bertz CT molecular complexity index is 632. The second-order valence-electron chi connectivity index (χ2n) is 4.97. The van der Waals surface area contributed by atoms with E-state index >= 15 is 0 Å². The second-order valence-corrected chi connectivity index (χ2v) is 7.56. The molecule has 1 aliphatic heterocycles. The first-order chi connectivity index (χ1) is 9.73. The van der Waals surface area contributed by atoms with Crippen LogP contribution in [0.3, 0.4) is 0 Å². The van der Waals surface area contributed by atoms with Crippen LogP contribution in [0.15, 0.2) is 21.5 Å². The first-order valence-corrected chi connectivity index (χ1v) is 8.55. The summed E-state index contributed by atoms with van der Waals surface area (Å²) in [5.41, 5.74) is 4.22. The van der Waals surface area contributed by atoms with E-state index in [1.807, 2.05) is 0 Å². The lowest BCUT2D eigenvalue weighted by atomic mass is 9.95. The van der Waals surface area contributed by atoms with E-state index in [1.165, 1.54) is 0 Å². The van der Waals surface area contributed by atoms with Crippen LogP contribution in [0.1, 0.15) is 12.8 Å². The van der Waals surface area contributed by atoms with Gasteiger partial charge in [-0.15, -0.1) is 0 Å². The molecular weight excluding hydrogens is 367 g/mol. The third kappa shape index (κ3) is 3.92. The largest absolute Gasteiger partial charge is 0.398 e. The van der Waals surface area contributed by atoms with Crippen LogP contribution in [-0.4, -0.2) is 38.9 Å². The summed E-state index contributed by atoms with van der Waals surface area (Å²) in [4.78, 5) is -0.230. The van der Waals surface area contributed by atoms with Crippen LogP contribution in [-0.2, 0) is 14.8 Å². The highest BCUT2D eigenvalue weighted by molar-refractivity contribution is 9.10. The third-order valence-corrected chi connectivity index (χ3v) is 5.42. The standard InChI is InChI=1S/C12H16BrFN2O4S/c13-8-5-11(10(15)6-9(8)14)21(18,19)16-7-12(17)1-3-20-4-2-12/h5-6,16-17H,1-4,7,15H2. The summed E-state index contributed by atoms with van der Waals surface area (Å²) in [6.07, 6.45) is 0.691. The molecule has 0 amide bonds. The molecule has 4 N–H and O–H groups in total. The van der Waals surface area contributed by atoms with Gasteiger partial charge in [-0.3, -0.25) is 0 Å². The Hall–Kier alpha value is -0.740. The molecule has 0 radical (unpaired) electrons. The summed E-state index contributed by atoms with van der Waals surface area (Å²) in [5, 5.41) is 10.2. The van der Waals surface area contributed by atoms with Crippen LogP contribution in [0, 0.1) is 5.82 Å². The number of ether oxygens (including phenoxy) is 1. The van der Waals surface area contributed by atoms with Crippen LogP contribution in [0.5, 0.6) is 0 Å². The Morgan fingerprint density at radius 3 is 2.67 bits per heavy atom. The van der Waals surface area contributed by atoms with Crippen molar-refractivity contribution in [2.75, 3.05) is 25.5 Å². The smallest absolute Gasteiger partial charge is 0.242 e. The van der Waals surface area contributed by atoms with Gasteiger partial charge < -0.3 is 15.6 Å². The maximum absolute atomic E-state index is 13.3. The Labute approximate surface area is 130 Å². The fourth-order valence-electron chi connectivity index (χ4n) is 2.01. The molecule has 6 nitrogen and oxygen atoms in total. The van der Waals surface area contributed by atoms with Gasteiger partial charge in [0.25, 0.3) is 0 Å². The average Bonchev–Trinajstić information content (AvgIpc) is 2.42. The van der Waals surface area contributed by atoms with Crippen molar-refractivity contribution in [3.63, 3.8) is 0 Å². The van der Waals surface area contributed by atoms with E-state index in [0.717, 1.165) is 12.1 Å². The van der Waals surface area contributed by atoms with E-state index in [2.05, 4.69) is 20.7 Å². The number of nitrogens with two attached hydrogens (primary N) is 1. The third-order valence-electron chi connectivity index (χ3n) is 3.36. The lowest BCUT2D eigenvalue weighted by molar-refractivity contribution is -0.0588. The summed E-state index contributed by atoms with van der Waals surface area (Å²) in [7, 11) is -3.94. The normalized spacial score (nSPS) is 18.6. The molecule has 0 aromatic heterocycles. The molecule has 0 atom stereocenters. The summed E-state index contributed by atoms with van der Waals surface area (Å²) in [5.74, 6) is -0.644. The number of aliphatic hydroxyl groups is 1. The van der Waals surface area contributed by atoms with Gasteiger partial charge in [0.1, 0.15) is 10.7 Å². The lowest BCUT2D eigenvalue weighted by Crippen LogP contribution is -2.46. The minimum Gasteiger partial charge on any atom is -0.398 e. The van der Waals surface area contributed by atoms with Gasteiger partial charge >= 0.3 is 0 Å². The number of halogens is 2. The SMILES string of the molecule is Nc1cc(F)c(Br)cc1S(=O)(=O)NCC1(O)CCOCC1. The van der Waals surface area contributed by atoms with E-state index in [4.69, 9.17) is 10.5 Å². The molecule has 9 heteroatoms. The van der Waals surface area contributed by atoms with Crippen molar-refractivity contribution in [3.8, 4) is 0 Å². The first kappa shape index (κ1) is 16.6. The minimum atomic E-state index is -3.94. The van der Waals surface area contributed by atoms with Crippen molar-refractivity contribution in [1.29, 1.82) is 0 Å². The number of hydrogen-bond acceptors (Lipinski definition) is 5. The van der Waals surface area contributed by atoms with Gasteiger partial charge in [0, 0.05) is 32.6 Å². The van der Waals surface area contributed by atoms with Crippen molar-refractivity contribution in [3.05, 3.63) is 22.4 Å². The van der Waals surface area contributed by atoms with Crippen molar-refractivity contribution in [1.82, 2.24) is 4.72 Å². The van der Waals surface area contributed by atoms with E-state index < -0.39 is 21.4 Å². The average molecular weight is 383 g/mol. The summed E-state index contributed by atoms with van der Waals surface area (Å²) in [6, 6.07) is 2.03. The van der Waals surface area contributed by atoms with Gasteiger partial charge in [0.15, 0.2) is 0 Å². The molecule has 1 aliphatic rings. The molecule has 0 aliphatic carbocycles. The van der Waals surface area contributed by atoms with Gasteiger partial charge in [0.05, 0.1) is 15.8 Å². The van der Waals surface area contributed by atoms with E-state index in [9.17, 15) is 17.9 Å². The Morgan fingerprint density at radius 1 is 1.43 bits per heavy atom. The molecule has 1 aromatic rings. The molecule has 0 unspecified atom stereocenters. The van der Waals surface area contributed by atoms with E-state index in [-0.39, 0.29) is 21.6 Å². The van der Waals surface area contributed by atoms with Gasteiger partial charge in [-0.25, -0.2) is 17.5 Å². The van der Waals surface area contributed by atoms with E-state index in [1.54, 1.807) is 0 Å². The topological polar surface area (TPSA) is 102 Å².